The number of imide groups is 1. The number of quaternary nitrogens is 1. The first kappa shape index (κ1) is 23.3. The molecule has 0 radical (unpaired) electrons. The van der Waals surface area contributed by atoms with E-state index >= 15 is 0 Å². The molecular weight excluding hydrogens is 392 g/mol. The zero-order valence-corrected chi connectivity index (χ0v) is 19.0. The first-order valence-corrected chi connectivity index (χ1v) is 11.3. The molecule has 0 aromatic heterocycles. The highest BCUT2D eigenvalue weighted by molar-refractivity contribution is 7.89. The summed E-state index contributed by atoms with van der Waals surface area (Å²) in [5.41, 5.74) is 2.11. The molecule has 0 spiro atoms. The van der Waals surface area contributed by atoms with E-state index in [9.17, 15) is 18.0 Å². The second kappa shape index (κ2) is 8.81. The van der Waals surface area contributed by atoms with Crippen LogP contribution in [0.3, 0.4) is 0 Å². The number of benzene rings is 1. The molecule has 0 saturated carbocycles. The van der Waals surface area contributed by atoms with E-state index < -0.39 is 21.6 Å². The van der Waals surface area contributed by atoms with Gasteiger partial charge < -0.3 is 10.2 Å². The summed E-state index contributed by atoms with van der Waals surface area (Å²) in [7, 11) is -3.58. The van der Waals surface area contributed by atoms with Gasteiger partial charge in [-0.25, -0.2) is 13.2 Å². The lowest BCUT2D eigenvalue weighted by Crippen LogP contribution is -3.15. The molecule has 0 unspecified atom stereocenters. The van der Waals surface area contributed by atoms with Crippen LogP contribution >= 0.6 is 0 Å². The molecule has 1 aliphatic rings. The van der Waals surface area contributed by atoms with Gasteiger partial charge in [0.1, 0.15) is 0 Å². The van der Waals surface area contributed by atoms with Crippen LogP contribution in [0.1, 0.15) is 37.5 Å². The Labute approximate surface area is 173 Å². The van der Waals surface area contributed by atoms with Crippen molar-refractivity contribution < 1.29 is 22.9 Å². The topological polar surface area (TPSA) is 100 Å². The van der Waals surface area contributed by atoms with Crippen molar-refractivity contribution in [3.63, 3.8) is 0 Å². The minimum atomic E-state index is -3.58. The summed E-state index contributed by atoms with van der Waals surface area (Å²) in [6.07, 6.45) is 0. The number of aryl methyl sites for hydroxylation is 3. The Balaban J connectivity index is 1.95. The van der Waals surface area contributed by atoms with Crippen molar-refractivity contribution in [2.24, 2.45) is 0 Å². The van der Waals surface area contributed by atoms with Crippen molar-refractivity contribution in [1.82, 2.24) is 14.9 Å². The molecule has 3 amide bonds. The number of nitrogens with zero attached hydrogens (tertiary/aromatic N) is 1. The molecule has 1 aromatic carbocycles. The van der Waals surface area contributed by atoms with E-state index in [0.29, 0.717) is 31.1 Å². The number of nitrogens with one attached hydrogen (secondary N) is 3. The van der Waals surface area contributed by atoms with Crippen molar-refractivity contribution in [3.8, 4) is 0 Å². The molecule has 9 heteroatoms. The first-order valence-electron chi connectivity index (χ1n) is 9.83. The van der Waals surface area contributed by atoms with E-state index in [0.717, 1.165) is 21.6 Å². The number of hydrogen-bond acceptors (Lipinski definition) is 4. The minimum Gasteiger partial charge on any atom is -0.333 e. The third-order valence-electron chi connectivity index (χ3n) is 4.78. The second-order valence-corrected chi connectivity index (χ2v) is 10.7. The van der Waals surface area contributed by atoms with E-state index in [2.05, 4.69) is 10.6 Å². The minimum absolute atomic E-state index is 0.133. The number of hydrogen-bond donors (Lipinski definition) is 3. The molecular formula is C20H33N4O4S+. The van der Waals surface area contributed by atoms with Gasteiger partial charge in [-0.2, -0.15) is 4.31 Å². The Kier molecular flexibility index (Phi) is 7.08. The summed E-state index contributed by atoms with van der Waals surface area (Å²) in [4.78, 5) is 25.2. The van der Waals surface area contributed by atoms with E-state index in [1.807, 2.05) is 53.7 Å². The summed E-state index contributed by atoms with van der Waals surface area (Å²) < 4.78 is 27.8. The van der Waals surface area contributed by atoms with Crippen molar-refractivity contribution >= 4 is 22.0 Å². The Morgan fingerprint density at radius 2 is 1.59 bits per heavy atom. The van der Waals surface area contributed by atoms with E-state index in [1.54, 1.807) is 0 Å². The van der Waals surface area contributed by atoms with Crippen LogP contribution in [0.5, 0.6) is 0 Å². The van der Waals surface area contributed by atoms with Crippen LogP contribution in [0, 0.1) is 20.8 Å². The van der Waals surface area contributed by atoms with E-state index in [-0.39, 0.29) is 12.5 Å². The normalized spacial score (nSPS) is 16.5. The zero-order chi connectivity index (χ0) is 22.0. The van der Waals surface area contributed by atoms with Crippen molar-refractivity contribution in [2.45, 2.75) is 52.0 Å². The number of rotatable bonds is 4. The van der Waals surface area contributed by atoms with Gasteiger partial charge in [0, 0.05) is 5.54 Å². The SMILES string of the molecule is Cc1cc(C)c(S(=O)(=O)N2CC[NH+](CC(=O)NC(=O)NC(C)(C)C)CC2)c(C)c1. The molecule has 162 valence electrons. The summed E-state index contributed by atoms with van der Waals surface area (Å²) >= 11 is 0. The van der Waals surface area contributed by atoms with Crippen LogP contribution in [-0.4, -0.2) is 62.9 Å². The zero-order valence-electron chi connectivity index (χ0n) is 18.2. The fraction of sp³-hybridized carbons (Fsp3) is 0.600. The monoisotopic (exact) mass is 425 g/mol. The van der Waals surface area contributed by atoms with Gasteiger partial charge in [0.25, 0.3) is 5.91 Å². The molecule has 0 bridgehead atoms. The molecule has 0 aliphatic carbocycles. The van der Waals surface area contributed by atoms with E-state index in [4.69, 9.17) is 0 Å². The number of sulfonamides is 1. The van der Waals surface area contributed by atoms with Crippen molar-refractivity contribution in [2.75, 3.05) is 32.7 Å². The Hall–Kier alpha value is -1.97. The lowest BCUT2D eigenvalue weighted by Gasteiger charge is -2.32. The standard InChI is InChI=1S/C20H32N4O4S/c1-14-11-15(2)18(16(3)12-14)29(27,28)24-9-7-23(8-10-24)13-17(25)21-19(26)22-20(4,5)6/h11-12H,7-10,13H2,1-6H3,(H2,21,22,25,26)/p+1. The average molecular weight is 426 g/mol. The predicted octanol–water partition coefficient (Wildman–Crippen LogP) is 0.125. The van der Waals surface area contributed by atoms with Crippen LogP contribution < -0.4 is 15.5 Å². The van der Waals surface area contributed by atoms with Crippen LogP contribution in [0.25, 0.3) is 0 Å². The van der Waals surface area contributed by atoms with Gasteiger partial charge >= 0.3 is 6.03 Å². The van der Waals surface area contributed by atoms with Gasteiger partial charge in [-0.05, 0) is 52.7 Å². The number of urea groups is 1. The maximum atomic E-state index is 13.1. The fourth-order valence-corrected chi connectivity index (χ4v) is 5.55. The summed E-state index contributed by atoms with van der Waals surface area (Å²) in [6.45, 7) is 12.9. The van der Waals surface area contributed by atoms with Crippen LogP contribution in [0.2, 0.25) is 0 Å². The average Bonchev–Trinajstić information content (AvgIpc) is 2.51. The number of carbonyl (C=O) groups excluding carboxylic acids is 2. The highest BCUT2D eigenvalue weighted by atomic mass is 32.2. The van der Waals surface area contributed by atoms with Gasteiger partial charge in [0.15, 0.2) is 6.54 Å². The Morgan fingerprint density at radius 3 is 2.07 bits per heavy atom. The van der Waals surface area contributed by atoms with Crippen molar-refractivity contribution in [3.05, 3.63) is 28.8 Å². The molecule has 1 aliphatic heterocycles. The largest absolute Gasteiger partial charge is 0.333 e. The summed E-state index contributed by atoms with van der Waals surface area (Å²) in [6, 6.07) is 3.25. The fourth-order valence-electron chi connectivity index (χ4n) is 3.69. The van der Waals surface area contributed by atoms with Crippen LogP contribution in [-0.2, 0) is 14.8 Å². The molecule has 1 saturated heterocycles. The summed E-state index contributed by atoms with van der Waals surface area (Å²) in [5.74, 6) is -0.372. The molecule has 0 atom stereocenters. The van der Waals surface area contributed by atoms with Gasteiger partial charge in [-0.3, -0.25) is 10.1 Å². The maximum absolute atomic E-state index is 13.1. The van der Waals surface area contributed by atoms with Gasteiger partial charge in [0.2, 0.25) is 10.0 Å². The molecule has 29 heavy (non-hydrogen) atoms. The van der Waals surface area contributed by atoms with E-state index in [1.165, 1.54) is 4.31 Å². The summed E-state index contributed by atoms with van der Waals surface area (Å²) in [5, 5.41) is 5.01. The number of carbonyl (C=O) groups is 2. The van der Waals surface area contributed by atoms with Crippen LogP contribution in [0.4, 0.5) is 4.79 Å². The Morgan fingerprint density at radius 1 is 1.07 bits per heavy atom. The third kappa shape index (κ3) is 6.25. The maximum Gasteiger partial charge on any atom is 0.322 e. The molecule has 2 rings (SSSR count). The van der Waals surface area contributed by atoms with Gasteiger partial charge in [-0.15, -0.1) is 0 Å². The highest BCUT2D eigenvalue weighted by Crippen LogP contribution is 2.25. The molecule has 8 nitrogen and oxygen atoms in total. The number of amides is 3. The lowest BCUT2D eigenvalue weighted by atomic mass is 10.1. The molecule has 1 fully saturated rings. The smallest absolute Gasteiger partial charge is 0.322 e. The lowest BCUT2D eigenvalue weighted by molar-refractivity contribution is -0.895. The first-order chi connectivity index (χ1) is 13.3. The third-order valence-corrected chi connectivity index (χ3v) is 6.99. The molecule has 1 aromatic rings. The Bertz CT molecular complexity index is 859. The molecule has 1 heterocycles. The number of piperazine rings is 1. The quantitative estimate of drug-likeness (QED) is 0.638. The van der Waals surface area contributed by atoms with Crippen molar-refractivity contribution in [1.29, 1.82) is 0 Å². The van der Waals surface area contributed by atoms with Gasteiger partial charge in [0.05, 0.1) is 31.1 Å². The molecule has 3 N–H and O–H groups in total. The predicted molar refractivity (Wildman–Crippen MR) is 111 cm³/mol. The highest BCUT2D eigenvalue weighted by Gasteiger charge is 2.33. The second-order valence-electron chi connectivity index (χ2n) is 8.81. The van der Waals surface area contributed by atoms with Crippen LogP contribution in [0.15, 0.2) is 17.0 Å². The van der Waals surface area contributed by atoms with Gasteiger partial charge in [-0.1, -0.05) is 17.7 Å².